The average molecular weight is 401 g/mol. The Hall–Kier alpha value is -1.62. The molecule has 2 aromatic rings. The second-order valence-corrected chi connectivity index (χ2v) is 9.47. The van der Waals surface area contributed by atoms with Crippen molar-refractivity contribution in [1.29, 1.82) is 0 Å². The van der Waals surface area contributed by atoms with Crippen molar-refractivity contribution in [3.63, 3.8) is 0 Å². The molecule has 0 aliphatic heterocycles. The lowest BCUT2D eigenvalue weighted by Crippen LogP contribution is -2.22. The number of nitrogens with one attached hydrogen (secondary N) is 1. The summed E-state index contributed by atoms with van der Waals surface area (Å²) in [5.41, 5.74) is 0. The largest absolute Gasteiger partial charge is 0.493 e. The van der Waals surface area contributed by atoms with Crippen LogP contribution in [-0.2, 0) is 10.0 Å². The zero-order valence-corrected chi connectivity index (χ0v) is 16.5. The second kappa shape index (κ2) is 9.18. The van der Waals surface area contributed by atoms with Crippen molar-refractivity contribution in [1.82, 2.24) is 14.5 Å². The van der Waals surface area contributed by atoms with Gasteiger partial charge in [0.2, 0.25) is 15.2 Å². The number of nitrogens with zero attached hydrogens (tertiary/aromatic N) is 3. The van der Waals surface area contributed by atoms with Crippen LogP contribution in [0, 0.1) is 0 Å². The molecule has 1 aromatic carbocycles. The van der Waals surface area contributed by atoms with Crippen LogP contribution in [0.1, 0.15) is 0 Å². The van der Waals surface area contributed by atoms with E-state index in [0.29, 0.717) is 24.7 Å². The van der Waals surface area contributed by atoms with Gasteiger partial charge in [-0.1, -0.05) is 29.2 Å². The van der Waals surface area contributed by atoms with Gasteiger partial charge in [-0.3, -0.25) is 0 Å². The first-order valence-electron chi connectivity index (χ1n) is 7.40. The molecule has 0 radical (unpaired) electrons. The van der Waals surface area contributed by atoms with E-state index in [2.05, 4.69) is 22.1 Å². The topological polar surface area (TPSA) is 84.4 Å². The Morgan fingerprint density at radius 2 is 2.04 bits per heavy atom. The molecule has 1 N–H and O–H groups in total. The molecule has 1 heterocycles. The van der Waals surface area contributed by atoms with Gasteiger partial charge < -0.3 is 10.1 Å². The summed E-state index contributed by atoms with van der Waals surface area (Å²) in [5, 5.41) is 12.0. The fraction of sp³-hybridized carbons (Fsp3) is 0.333. The van der Waals surface area contributed by atoms with Crippen molar-refractivity contribution in [2.45, 2.75) is 9.24 Å². The maximum Gasteiger partial charge on any atom is 0.242 e. The van der Waals surface area contributed by atoms with E-state index in [0.717, 1.165) is 9.47 Å². The summed E-state index contributed by atoms with van der Waals surface area (Å²) >= 11 is 3.04. The smallest absolute Gasteiger partial charge is 0.242 e. The van der Waals surface area contributed by atoms with Crippen LogP contribution in [0.2, 0.25) is 0 Å². The van der Waals surface area contributed by atoms with Crippen LogP contribution < -0.4 is 10.1 Å². The van der Waals surface area contributed by atoms with Crippen LogP contribution in [0.3, 0.4) is 0 Å². The molecule has 0 saturated heterocycles. The molecule has 0 spiro atoms. The molecule has 0 aliphatic carbocycles. The van der Waals surface area contributed by atoms with Crippen molar-refractivity contribution in [2.75, 3.05) is 38.3 Å². The Labute approximate surface area is 156 Å². The van der Waals surface area contributed by atoms with Gasteiger partial charge in [-0.25, -0.2) is 12.7 Å². The van der Waals surface area contributed by atoms with E-state index in [-0.39, 0.29) is 4.90 Å². The van der Waals surface area contributed by atoms with E-state index in [1.54, 1.807) is 42.1 Å². The minimum atomic E-state index is -3.41. The van der Waals surface area contributed by atoms with Crippen LogP contribution >= 0.6 is 23.1 Å². The van der Waals surface area contributed by atoms with Crippen LogP contribution in [0.5, 0.6) is 5.75 Å². The highest BCUT2D eigenvalue weighted by Gasteiger charge is 2.16. The van der Waals surface area contributed by atoms with Gasteiger partial charge in [0, 0.05) is 26.4 Å². The van der Waals surface area contributed by atoms with Gasteiger partial charge in [0.05, 0.1) is 11.5 Å². The molecule has 0 atom stereocenters. The number of anilines is 1. The van der Waals surface area contributed by atoms with Gasteiger partial charge in [0.1, 0.15) is 5.75 Å². The summed E-state index contributed by atoms with van der Waals surface area (Å²) in [6.45, 7) is 4.78. The lowest BCUT2D eigenvalue weighted by molar-refractivity contribution is 0.343. The lowest BCUT2D eigenvalue weighted by Gasteiger charge is -2.12. The van der Waals surface area contributed by atoms with Crippen LogP contribution in [-0.4, -0.2) is 55.9 Å². The van der Waals surface area contributed by atoms with E-state index >= 15 is 0 Å². The van der Waals surface area contributed by atoms with E-state index in [9.17, 15) is 8.42 Å². The molecule has 0 saturated carbocycles. The predicted octanol–water partition coefficient (Wildman–Crippen LogP) is 2.56. The molecule has 0 unspecified atom stereocenters. The average Bonchev–Trinajstić information content (AvgIpc) is 3.05. The summed E-state index contributed by atoms with van der Waals surface area (Å²) in [4.78, 5) is 0.243. The minimum Gasteiger partial charge on any atom is -0.493 e. The van der Waals surface area contributed by atoms with E-state index in [1.807, 2.05) is 0 Å². The van der Waals surface area contributed by atoms with Gasteiger partial charge in [0.15, 0.2) is 4.34 Å². The summed E-state index contributed by atoms with van der Waals surface area (Å²) in [5.74, 6) is 1.34. The number of benzene rings is 1. The van der Waals surface area contributed by atoms with E-state index < -0.39 is 10.0 Å². The van der Waals surface area contributed by atoms with Gasteiger partial charge in [0.25, 0.3) is 0 Å². The number of sulfonamides is 1. The third-order valence-corrected chi connectivity index (χ3v) is 6.79. The van der Waals surface area contributed by atoms with Gasteiger partial charge in [-0.2, -0.15) is 0 Å². The zero-order chi connectivity index (χ0) is 18.3. The van der Waals surface area contributed by atoms with Gasteiger partial charge in [-0.05, 0) is 24.3 Å². The fourth-order valence-electron chi connectivity index (χ4n) is 1.71. The molecule has 0 aliphatic rings. The Bertz CT molecular complexity index is 789. The van der Waals surface area contributed by atoms with E-state index in [4.69, 9.17) is 4.74 Å². The molecule has 0 amide bonds. The predicted molar refractivity (Wildman–Crippen MR) is 102 cm³/mol. The van der Waals surface area contributed by atoms with Crippen molar-refractivity contribution in [3.8, 4) is 5.75 Å². The first-order valence-corrected chi connectivity index (χ1v) is 10.6. The number of hydrogen-bond acceptors (Lipinski definition) is 8. The number of hydrogen-bond donors (Lipinski definition) is 1. The molecule has 10 heteroatoms. The number of thioether (sulfide) groups is 1. The first kappa shape index (κ1) is 19.7. The minimum absolute atomic E-state index is 0.243. The summed E-state index contributed by atoms with van der Waals surface area (Å²) < 4.78 is 31.6. The maximum atomic E-state index is 12.0. The van der Waals surface area contributed by atoms with E-state index in [1.165, 1.54) is 29.7 Å². The number of aromatic nitrogens is 2. The molecular formula is C15H20N4O3S3. The summed E-state index contributed by atoms with van der Waals surface area (Å²) in [6.07, 6.45) is 1.76. The number of ether oxygens (including phenoxy) is 1. The van der Waals surface area contributed by atoms with Crippen LogP contribution in [0.15, 0.2) is 46.2 Å². The highest BCUT2D eigenvalue weighted by Crippen LogP contribution is 2.25. The first-order chi connectivity index (χ1) is 11.9. The van der Waals surface area contributed by atoms with Crippen molar-refractivity contribution in [3.05, 3.63) is 36.9 Å². The Kier molecular flexibility index (Phi) is 7.24. The highest BCUT2D eigenvalue weighted by molar-refractivity contribution is 8.01. The molecule has 0 bridgehead atoms. The van der Waals surface area contributed by atoms with Gasteiger partial charge >= 0.3 is 0 Å². The second-order valence-electron chi connectivity index (χ2n) is 5.00. The fourth-order valence-corrected chi connectivity index (χ4v) is 4.25. The quantitative estimate of drug-likeness (QED) is 0.373. The van der Waals surface area contributed by atoms with Crippen LogP contribution in [0.4, 0.5) is 5.13 Å². The van der Waals surface area contributed by atoms with Crippen molar-refractivity contribution < 1.29 is 13.2 Å². The normalized spacial score (nSPS) is 11.5. The molecule has 1 aromatic heterocycles. The molecule has 136 valence electrons. The molecule has 25 heavy (non-hydrogen) atoms. The third kappa shape index (κ3) is 5.70. The van der Waals surface area contributed by atoms with Crippen molar-refractivity contribution in [2.24, 2.45) is 0 Å². The molecule has 0 fully saturated rings. The SMILES string of the molecule is C=CCNc1nnc(SCCOc2ccc(S(=O)(=O)N(C)C)cc2)s1. The molecule has 7 nitrogen and oxygen atoms in total. The Morgan fingerprint density at radius 3 is 2.68 bits per heavy atom. The monoisotopic (exact) mass is 400 g/mol. The molecular weight excluding hydrogens is 380 g/mol. The number of rotatable bonds is 10. The maximum absolute atomic E-state index is 12.0. The van der Waals surface area contributed by atoms with Crippen molar-refractivity contribution >= 4 is 38.3 Å². The molecule has 2 rings (SSSR count). The summed E-state index contributed by atoms with van der Waals surface area (Å²) in [7, 11) is -0.406. The standard InChI is InChI=1S/C15H20N4O3S3/c1-4-9-16-14-17-18-15(24-14)23-11-10-22-12-5-7-13(8-6-12)25(20,21)19(2)3/h4-8H,1,9-11H2,2-3H3,(H,16,17). The highest BCUT2D eigenvalue weighted by atomic mass is 32.2. The van der Waals surface area contributed by atoms with Crippen LogP contribution in [0.25, 0.3) is 0 Å². The lowest BCUT2D eigenvalue weighted by atomic mass is 10.3. The zero-order valence-electron chi connectivity index (χ0n) is 14.0. The Balaban J connectivity index is 1.78. The Morgan fingerprint density at radius 1 is 1.32 bits per heavy atom. The third-order valence-electron chi connectivity index (χ3n) is 2.98. The van der Waals surface area contributed by atoms with Gasteiger partial charge in [-0.15, -0.1) is 16.8 Å². The summed E-state index contributed by atoms with van der Waals surface area (Å²) in [6, 6.07) is 6.40.